The van der Waals surface area contributed by atoms with Gasteiger partial charge in [-0.1, -0.05) is 0 Å². The number of carbonyl (C=O) groups excluding carboxylic acids is 1. The minimum atomic E-state index is -0.469. The maximum absolute atomic E-state index is 12.1. The van der Waals surface area contributed by atoms with Crippen molar-refractivity contribution in [3.05, 3.63) is 17.7 Å². The first kappa shape index (κ1) is 10.8. The average molecular weight is 219 g/mol. The molecular weight excluding hydrogens is 202 g/mol. The normalized spacial score (nSPS) is 17.5. The van der Waals surface area contributed by atoms with Gasteiger partial charge in [0.05, 0.1) is 16.8 Å². The summed E-state index contributed by atoms with van der Waals surface area (Å²) in [6.07, 6.45) is 0. The lowest BCUT2D eigenvalue weighted by atomic mass is 9.86. The van der Waals surface area contributed by atoms with Gasteiger partial charge in [0.2, 0.25) is 5.91 Å². The Morgan fingerprint density at radius 2 is 2.00 bits per heavy atom. The van der Waals surface area contributed by atoms with E-state index in [0.717, 1.165) is 16.9 Å². The van der Waals surface area contributed by atoms with Gasteiger partial charge in [0.1, 0.15) is 0 Å². The number of hydrogen-bond donors (Lipinski definition) is 2. The molecule has 1 aliphatic heterocycles. The highest BCUT2D eigenvalue weighted by molar-refractivity contribution is 6.08. The van der Waals surface area contributed by atoms with Gasteiger partial charge in [-0.05, 0) is 31.5 Å². The Balaban J connectivity index is 2.69. The summed E-state index contributed by atoms with van der Waals surface area (Å²) in [5, 5.41) is 3.04. The summed E-state index contributed by atoms with van der Waals surface area (Å²) in [5.41, 5.74) is 8.90. The zero-order chi connectivity index (χ0) is 12.1. The van der Waals surface area contributed by atoms with Gasteiger partial charge in [-0.15, -0.1) is 0 Å². The van der Waals surface area contributed by atoms with Crippen molar-refractivity contribution < 1.29 is 4.79 Å². The van der Waals surface area contributed by atoms with E-state index in [2.05, 4.69) is 5.32 Å². The van der Waals surface area contributed by atoms with Crippen LogP contribution >= 0.6 is 0 Å². The van der Waals surface area contributed by atoms with Gasteiger partial charge in [0.15, 0.2) is 0 Å². The molecule has 1 aromatic rings. The number of nitrogens with two attached hydrogens (primary N) is 1. The van der Waals surface area contributed by atoms with Crippen LogP contribution in [-0.2, 0) is 10.2 Å². The van der Waals surface area contributed by atoms with Crippen molar-refractivity contribution >= 4 is 23.0 Å². The van der Waals surface area contributed by atoms with Gasteiger partial charge in [0, 0.05) is 19.8 Å². The molecule has 1 amide bonds. The molecule has 0 radical (unpaired) electrons. The molecule has 0 saturated carbocycles. The van der Waals surface area contributed by atoms with Gasteiger partial charge < -0.3 is 16.0 Å². The molecular formula is C12H17N3O. The van der Waals surface area contributed by atoms with Crippen molar-refractivity contribution in [3.63, 3.8) is 0 Å². The van der Waals surface area contributed by atoms with Crippen molar-refractivity contribution in [2.45, 2.75) is 19.3 Å². The summed E-state index contributed by atoms with van der Waals surface area (Å²) in [6, 6.07) is 3.82. The first-order chi connectivity index (χ1) is 7.39. The summed E-state index contributed by atoms with van der Waals surface area (Å²) >= 11 is 0. The van der Waals surface area contributed by atoms with E-state index in [1.807, 2.05) is 33.0 Å². The highest BCUT2D eigenvalue weighted by Gasteiger charge is 2.42. The number of nitrogen functional groups attached to an aromatic ring is 1. The molecule has 0 bridgehead atoms. The predicted molar refractivity (Wildman–Crippen MR) is 66.8 cm³/mol. The van der Waals surface area contributed by atoms with Crippen LogP contribution in [0.4, 0.5) is 17.1 Å². The Morgan fingerprint density at radius 3 is 2.56 bits per heavy atom. The van der Waals surface area contributed by atoms with Crippen LogP contribution in [0.5, 0.6) is 0 Å². The molecule has 4 heteroatoms. The van der Waals surface area contributed by atoms with E-state index in [1.165, 1.54) is 0 Å². The Labute approximate surface area is 95.4 Å². The predicted octanol–water partition coefficient (Wildman–Crippen LogP) is 1.56. The number of benzene rings is 1. The minimum Gasteiger partial charge on any atom is -0.397 e. The van der Waals surface area contributed by atoms with Gasteiger partial charge in [0.25, 0.3) is 0 Å². The summed E-state index contributed by atoms with van der Waals surface area (Å²) in [6.45, 7) is 3.88. The van der Waals surface area contributed by atoms with Crippen molar-refractivity contribution in [2.24, 2.45) is 0 Å². The summed E-state index contributed by atoms with van der Waals surface area (Å²) in [5.74, 6) is 0.107. The van der Waals surface area contributed by atoms with Crippen LogP contribution in [0, 0.1) is 0 Å². The Morgan fingerprint density at radius 1 is 1.38 bits per heavy atom. The zero-order valence-corrected chi connectivity index (χ0v) is 10.1. The molecule has 3 N–H and O–H groups in total. The van der Waals surface area contributed by atoms with Gasteiger partial charge in [-0.2, -0.15) is 0 Å². The van der Waals surface area contributed by atoms with Gasteiger partial charge in [-0.3, -0.25) is 4.79 Å². The van der Waals surface area contributed by atoms with Crippen LogP contribution in [0.3, 0.4) is 0 Å². The molecule has 0 unspecified atom stereocenters. The topological polar surface area (TPSA) is 58.4 Å². The number of nitrogens with zero attached hydrogens (tertiary/aromatic N) is 1. The Bertz CT molecular complexity index is 466. The quantitative estimate of drug-likeness (QED) is 0.705. The number of fused-ring (bicyclic) bond motifs is 1. The smallest absolute Gasteiger partial charge is 0.236 e. The number of likely N-dealkylation sites (N-methyl/N-ethyl adjacent to an activating group) is 1. The largest absolute Gasteiger partial charge is 0.397 e. The fourth-order valence-corrected chi connectivity index (χ4v) is 2.24. The second-order valence-electron chi connectivity index (χ2n) is 4.70. The number of rotatable bonds is 1. The SMILES string of the molecule is CNc1cc2c(cc1N)N(C)C(=O)C2(C)C. The second kappa shape index (κ2) is 3.14. The van der Waals surface area contributed by atoms with E-state index < -0.39 is 5.41 Å². The molecule has 1 aromatic carbocycles. The van der Waals surface area contributed by atoms with Crippen molar-refractivity contribution in [3.8, 4) is 0 Å². The number of carbonyl (C=O) groups is 1. The van der Waals surface area contributed by atoms with E-state index in [-0.39, 0.29) is 5.91 Å². The molecule has 0 aromatic heterocycles. The van der Waals surface area contributed by atoms with Crippen LogP contribution < -0.4 is 16.0 Å². The van der Waals surface area contributed by atoms with E-state index in [9.17, 15) is 4.79 Å². The summed E-state index contributed by atoms with van der Waals surface area (Å²) < 4.78 is 0. The molecule has 1 aliphatic rings. The van der Waals surface area contributed by atoms with Crippen LogP contribution in [0.15, 0.2) is 12.1 Å². The van der Waals surface area contributed by atoms with E-state index in [0.29, 0.717) is 5.69 Å². The van der Waals surface area contributed by atoms with E-state index in [4.69, 9.17) is 5.73 Å². The number of hydrogen-bond acceptors (Lipinski definition) is 3. The first-order valence-corrected chi connectivity index (χ1v) is 5.29. The highest BCUT2D eigenvalue weighted by Crippen LogP contribution is 2.43. The fourth-order valence-electron chi connectivity index (χ4n) is 2.24. The lowest BCUT2D eigenvalue weighted by Crippen LogP contribution is -2.33. The van der Waals surface area contributed by atoms with Crippen LogP contribution in [0.25, 0.3) is 0 Å². The third-order valence-corrected chi connectivity index (χ3v) is 3.31. The molecule has 2 rings (SSSR count). The van der Waals surface area contributed by atoms with Crippen molar-refractivity contribution in [2.75, 3.05) is 30.0 Å². The molecule has 1 heterocycles. The summed E-state index contributed by atoms with van der Waals surface area (Å²) in [4.78, 5) is 13.7. The lowest BCUT2D eigenvalue weighted by Gasteiger charge is -2.17. The maximum Gasteiger partial charge on any atom is 0.236 e. The number of nitrogens with one attached hydrogen (secondary N) is 1. The third kappa shape index (κ3) is 1.19. The number of amides is 1. The molecule has 86 valence electrons. The monoisotopic (exact) mass is 219 g/mol. The fraction of sp³-hybridized carbons (Fsp3) is 0.417. The lowest BCUT2D eigenvalue weighted by molar-refractivity contribution is -0.121. The van der Waals surface area contributed by atoms with Gasteiger partial charge >= 0.3 is 0 Å². The van der Waals surface area contributed by atoms with Gasteiger partial charge in [-0.25, -0.2) is 0 Å². The van der Waals surface area contributed by atoms with Crippen molar-refractivity contribution in [1.82, 2.24) is 0 Å². The molecule has 0 spiro atoms. The minimum absolute atomic E-state index is 0.107. The standard InChI is InChI=1S/C12H17N3O/c1-12(2)7-5-9(14-3)8(13)6-10(7)15(4)11(12)16/h5-6,14H,13H2,1-4H3. The van der Waals surface area contributed by atoms with E-state index >= 15 is 0 Å². The Hall–Kier alpha value is -1.71. The molecule has 0 saturated heterocycles. The molecule has 4 nitrogen and oxygen atoms in total. The zero-order valence-electron chi connectivity index (χ0n) is 10.1. The molecule has 0 atom stereocenters. The molecule has 0 aliphatic carbocycles. The molecule has 0 fully saturated rings. The molecule has 16 heavy (non-hydrogen) atoms. The Kier molecular flexibility index (Phi) is 2.12. The number of anilines is 3. The average Bonchev–Trinajstić information content (AvgIpc) is 2.40. The second-order valence-corrected chi connectivity index (χ2v) is 4.70. The third-order valence-electron chi connectivity index (χ3n) is 3.31. The van der Waals surface area contributed by atoms with Crippen LogP contribution in [0.1, 0.15) is 19.4 Å². The van der Waals surface area contributed by atoms with Crippen LogP contribution in [0.2, 0.25) is 0 Å². The van der Waals surface area contributed by atoms with E-state index in [1.54, 1.807) is 11.9 Å². The maximum atomic E-state index is 12.1. The first-order valence-electron chi connectivity index (χ1n) is 5.29. The van der Waals surface area contributed by atoms with Crippen molar-refractivity contribution in [1.29, 1.82) is 0 Å². The van der Waals surface area contributed by atoms with Crippen LogP contribution in [-0.4, -0.2) is 20.0 Å². The highest BCUT2D eigenvalue weighted by atomic mass is 16.2. The summed E-state index contributed by atoms with van der Waals surface area (Å²) in [7, 11) is 3.61.